The van der Waals surface area contributed by atoms with E-state index in [9.17, 15) is 4.79 Å². The second-order valence-corrected chi connectivity index (χ2v) is 8.48. The predicted molar refractivity (Wildman–Crippen MR) is 123 cm³/mol. The lowest BCUT2D eigenvalue weighted by Crippen LogP contribution is -2.37. The van der Waals surface area contributed by atoms with Gasteiger partial charge < -0.3 is 15.1 Å². The third-order valence-electron chi connectivity index (χ3n) is 6.39. The van der Waals surface area contributed by atoms with Crippen LogP contribution in [0.5, 0.6) is 0 Å². The van der Waals surface area contributed by atoms with Crippen LogP contribution in [0.15, 0.2) is 34.9 Å². The summed E-state index contributed by atoms with van der Waals surface area (Å²) in [6.07, 6.45) is 6.10. The number of carbonyl (C=O) groups is 1. The van der Waals surface area contributed by atoms with Crippen molar-refractivity contribution in [3.63, 3.8) is 0 Å². The summed E-state index contributed by atoms with van der Waals surface area (Å²) in [5.74, 6) is 1.18. The van der Waals surface area contributed by atoms with Crippen molar-refractivity contribution in [1.82, 2.24) is 20.4 Å². The zero-order valence-corrected chi connectivity index (χ0v) is 18.8. The lowest BCUT2D eigenvalue weighted by Gasteiger charge is -2.10. The van der Waals surface area contributed by atoms with Crippen molar-refractivity contribution < 1.29 is 9.21 Å². The van der Waals surface area contributed by atoms with Crippen LogP contribution >= 0.6 is 12.4 Å². The van der Waals surface area contributed by atoms with Gasteiger partial charge in [0.1, 0.15) is 5.76 Å². The minimum absolute atomic E-state index is 0. The van der Waals surface area contributed by atoms with Crippen molar-refractivity contribution >= 4 is 18.3 Å². The zero-order valence-electron chi connectivity index (χ0n) is 18.0. The SMILES string of the molecule is Cc1ccccc1Cn1cc2c(n1)-c1c(oc(C(=O)NC[C@H]3CCCN3)c1C)CC2.Cl. The Morgan fingerprint density at radius 1 is 1.29 bits per heavy atom. The second kappa shape index (κ2) is 8.89. The van der Waals surface area contributed by atoms with E-state index in [1.807, 2.05) is 11.6 Å². The highest BCUT2D eigenvalue weighted by Crippen LogP contribution is 2.38. The molecular weight excluding hydrogens is 412 g/mol. The van der Waals surface area contributed by atoms with Gasteiger partial charge in [0.2, 0.25) is 0 Å². The number of nitrogens with one attached hydrogen (secondary N) is 2. The van der Waals surface area contributed by atoms with Crippen molar-refractivity contribution in [3.05, 3.63) is 64.2 Å². The number of aryl methyl sites for hydroxylation is 3. The van der Waals surface area contributed by atoms with Gasteiger partial charge >= 0.3 is 0 Å². The van der Waals surface area contributed by atoms with Crippen LogP contribution in [-0.4, -0.2) is 34.8 Å². The van der Waals surface area contributed by atoms with Crippen molar-refractivity contribution in [2.24, 2.45) is 0 Å². The molecule has 7 heteroatoms. The minimum atomic E-state index is -0.128. The maximum atomic E-state index is 12.8. The standard InChI is InChI=1S/C24H28N4O2.ClH/c1-15-6-3-4-7-17(15)13-28-14-18-9-10-20-21(22(18)27-28)16(2)23(30-20)24(29)26-12-19-8-5-11-25-19;/h3-4,6-7,14,19,25H,5,8-13H2,1-2H3,(H,26,29);1H/t19-;/m1./s1. The van der Waals surface area contributed by atoms with Gasteiger partial charge in [-0.15, -0.1) is 12.4 Å². The highest BCUT2D eigenvalue weighted by Gasteiger charge is 2.30. The monoisotopic (exact) mass is 440 g/mol. The predicted octanol–water partition coefficient (Wildman–Crippen LogP) is 3.81. The molecule has 1 atom stereocenters. The van der Waals surface area contributed by atoms with E-state index in [0.717, 1.165) is 54.9 Å². The Balaban J connectivity index is 0.00000231. The number of furan rings is 1. The number of benzene rings is 1. The third kappa shape index (κ3) is 4.14. The smallest absolute Gasteiger partial charge is 0.287 e. The molecule has 6 nitrogen and oxygen atoms in total. The Morgan fingerprint density at radius 3 is 2.90 bits per heavy atom. The zero-order chi connectivity index (χ0) is 20.7. The van der Waals surface area contributed by atoms with Crippen molar-refractivity contribution in [2.75, 3.05) is 13.1 Å². The van der Waals surface area contributed by atoms with Gasteiger partial charge in [0, 0.05) is 36.3 Å². The molecule has 0 radical (unpaired) electrons. The maximum Gasteiger partial charge on any atom is 0.287 e. The van der Waals surface area contributed by atoms with E-state index in [4.69, 9.17) is 9.52 Å². The van der Waals surface area contributed by atoms with Crippen LogP contribution in [0.4, 0.5) is 0 Å². The number of rotatable bonds is 5. The molecule has 0 bridgehead atoms. The van der Waals surface area contributed by atoms with E-state index < -0.39 is 0 Å². The third-order valence-corrected chi connectivity index (χ3v) is 6.39. The van der Waals surface area contributed by atoms with E-state index in [1.54, 1.807) is 0 Å². The summed E-state index contributed by atoms with van der Waals surface area (Å²) in [5, 5.41) is 11.3. The molecule has 1 aliphatic heterocycles. The number of nitrogens with zero attached hydrogens (tertiary/aromatic N) is 2. The van der Waals surface area contributed by atoms with Gasteiger partial charge in [-0.25, -0.2) is 0 Å². The van der Waals surface area contributed by atoms with Crippen LogP contribution in [0.1, 0.15) is 51.4 Å². The number of halogens is 1. The number of hydrogen-bond donors (Lipinski definition) is 2. The summed E-state index contributed by atoms with van der Waals surface area (Å²) in [6.45, 7) is 6.51. The Labute approximate surface area is 188 Å². The Bertz CT molecular complexity index is 1100. The summed E-state index contributed by atoms with van der Waals surface area (Å²) in [6, 6.07) is 8.76. The van der Waals surface area contributed by atoms with Crippen LogP contribution < -0.4 is 10.6 Å². The summed E-state index contributed by atoms with van der Waals surface area (Å²) in [4.78, 5) is 12.8. The van der Waals surface area contributed by atoms with E-state index >= 15 is 0 Å². The summed E-state index contributed by atoms with van der Waals surface area (Å²) < 4.78 is 8.05. The van der Waals surface area contributed by atoms with Gasteiger partial charge in [0.05, 0.1) is 12.2 Å². The van der Waals surface area contributed by atoms with Gasteiger partial charge in [-0.05, 0) is 56.3 Å². The highest BCUT2D eigenvalue weighted by atomic mass is 35.5. The molecule has 1 fully saturated rings. The first kappa shape index (κ1) is 21.7. The summed E-state index contributed by atoms with van der Waals surface area (Å²) in [5.41, 5.74) is 6.61. The van der Waals surface area contributed by atoms with E-state index in [-0.39, 0.29) is 18.3 Å². The quantitative estimate of drug-likeness (QED) is 0.632. The van der Waals surface area contributed by atoms with Crippen LogP contribution in [0.3, 0.4) is 0 Å². The average molecular weight is 441 g/mol. The first-order valence-corrected chi connectivity index (χ1v) is 10.8. The van der Waals surface area contributed by atoms with Crippen molar-refractivity contribution in [2.45, 2.75) is 52.1 Å². The Kier molecular flexibility index (Phi) is 6.21. The molecule has 1 aliphatic carbocycles. The molecule has 5 rings (SSSR count). The van der Waals surface area contributed by atoms with Gasteiger partial charge in [-0.1, -0.05) is 24.3 Å². The van der Waals surface area contributed by atoms with Crippen molar-refractivity contribution in [1.29, 1.82) is 0 Å². The molecule has 2 N–H and O–H groups in total. The fraction of sp³-hybridized carbons (Fsp3) is 0.417. The molecule has 2 aliphatic rings. The Morgan fingerprint density at radius 2 is 2.13 bits per heavy atom. The molecular formula is C24H29ClN4O2. The molecule has 3 heterocycles. The van der Waals surface area contributed by atoms with Gasteiger partial charge in [-0.3, -0.25) is 9.48 Å². The number of amides is 1. The molecule has 2 aromatic heterocycles. The lowest BCUT2D eigenvalue weighted by atomic mass is 9.93. The topological polar surface area (TPSA) is 72.1 Å². The van der Waals surface area contributed by atoms with Gasteiger partial charge in [-0.2, -0.15) is 5.10 Å². The van der Waals surface area contributed by atoms with Crippen LogP contribution in [0, 0.1) is 13.8 Å². The van der Waals surface area contributed by atoms with Gasteiger partial charge in [0.25, 0.3) is 5.91 Å². The summed E-state index contributed by atoms with van der Waals surface area (Å²) >= 11 is 0. The maximum absolute atomic E-state index is 12.8. The fourth-order valence-corrected chi connectivity index (χ4v) is 4.65. The molecule has 164 valence electrons. The molecule has 1 aromatic carbocycles. The van der Waals surface area contributed by atoms with Crippen molar-refractivity contribution in [3.8, 4) is 11.3 Å². The minimum Gasteiger partial charge on any atom is -0.455 e. The van der Waals surface area contributed by atoms with Crippen LogP contribution in [0.2, 0.25) is 0 Å². The number of carbonyl (C=O) groups excluding carboxylic acids is 1. The van der Waals surface area contributed by atoms with Crippen LogP contribution in [-0.2, 0) is 19.4 Å². The fourth-order valence-electron chi connectivity index (χ4n) is 4.65. The summed E-state index contributed by atoms with van der Waals surface area (Å²) in [7, 11) is 0. The number of aromatic nitrogens is 2. The molecule has 0 spiro atoms. The highest BCUT2D eigenvalue weighted by molar-refractivity contribution is 5.95. The molecule has 1 saturated heterocycles. The van der Waals surface area contributed by atoms with E-state index in [1.165, 1.54) is 23.1 Å². The largest absolute Gasteiger partial charge is 0.455 e. The van der Waals surface area contributed by atoms with E-state index in [0.29, 0.717) is 18.3 Å². The molecule has 1 amide bonds. The normalized spacial score (nSPS) is 17.0. The number of hydrogen-bond acceptors (Lipinski definition) is 4. The molecule has 0 saturated carbocycles. The Hall–Kier alpha value is -2.57. The first-order valence-electron chi connectivity index (χ1n) is 10.8. The lowest BCUT2D eigenvalue weighted by molar-refractivity contribution is 0.0920. The number of fused-ring (bicyclic) bond motifs is 3. The molecule has 0 unspecified atom stereocenters. The second-order valence-electron chi connectivity index (χ2n) is 8.48. The molecule has 31 heavy (non-hydrogen) atoms. The average Bonchev–Trinajstić information content (AvgIpc) is 3.46. The van der Waals surface area contributed by atoms with Gasteiger partial charge in [0.15, 0.2) is 5.76 Å². The van der Waals surface area contributed by atoms with Crippen LogP contribution in [0.25, 0.3) is 11.3 Å². The molecule has 3 aromatic rings. The van der Waals surface area contributed by atoms with E-state index in [2.05, 4.69) is 48.0 Å². The first-order chi connectivity index (χ1) is 14.6.